The van der Waals surface area contributed by atoms with Crippen LogP contribution >= 0.6 is 24.8 Å². The van der Waals surface area contributed by atoms with E-state index in [1.807, 2.05) is 19.1 Å². The van der Waals surface area contributed by atoms with Gasteiger partial charge in [0.25, 0.3) is 0 Å². The minimum absolute atomic E-state index is 0. The molecular weight excluding hydrogens is 311 g/mol. The van der Waals surface area contributed by atoms with Gasteiger partial charge < -0.3 is 19.7 Å². The molecule has 0 heterocycles. The summed E-state index contributed by atoms with van der Waals surface area (Å²) in [5.41, 5.74) is 1.22. The van der Waals surface area contributed by atoms with E-state index < -0.39 is 0 Å². The molecule has 124 valence electrons. The Morgan fingerprint density at radius 1 is 1.14 bits per heavy atom. The topological polar surface area (TPSA) is 33.7 Å². The maximum Gasteiger partial charge on any atom is 0.161 e. The van der Waals surface area contributed by atoms with Gasteiger partial charge in [-0.3, -0.25) is 0 Å². The highest BCUT2D eigenvalue weighted by atomic mass is 35.5. The smallest absolute Gasteiger partial charge is 0.161 e. The number of rotatable bonds is 9. The largest absolute Gasteiger partial charge is 0.493 e. The highest BCUT2D eigenvalue weighted by Crippen LogP contribution is 2.27. The Hall–Kier alpha value is -0.680. The zero-order valence-corrected chi connectivity index (χ0v) is 15.0. The molecule has 0 atom stereocenters. The van der Waals surface area contributed by atoms with Gasteiger partial charge in [-0.05, 0) is 58.2 Å². The van der Waals surface area contributed by atoms with E-state index in [0.29, 0.717) is 6.61 Å². The van der Waals surface area contributed by atoms with Crippen LogP contribution in [0.2, 0.25) is 0 Å². The molecule has 1 aromatic carbocycles. The van der Waals surface area contributed by atoms with Crippen molar-refractivity contribution in [3.63, 3.8) is 0 Å². The van der Waals surface area contributed by atoms with Gasteiger partial charge in [0, 0.05) is 6.54 Å². The minimum Gasteiger partial charge on any atom is -0.493 e. The lowest BCUT2D eigenvalue weighted by atomic mass is 10.2. The summed E-state index contributed by atoms with van der Waals surface area (Å²) < 4.78 is 10.8. The SMILES string of the molecule is CCOc1cc(CNCCCN(C)C)ccc1OC.Cl.Cl. The van der Waals surface area contributed by atoms with Gasteiger partial charge in [-0.25, -0.2) is 0 Å². The number of ether oxygens (including phenoxy) is 2. The van der Waals surface area contributed by atoms with E-state index >= 15 is 0 Å². The first kappa shape index (κ1) is 22.6. The van der Waals surface area contributed by atoms with Crippen LogP contribution in [0.4, 0.5) is 0 Å². The summed E-state index contributed by atoms with van der Waals surface area (Å²) in [5, 5.41) is 3.44. The summed E-state index contributed by atoms with van der Waals surface area (Å²) in [7, 11) is 5.85. The molecular formula is C15H28Cl2N2O2. The summed E-state index contributed by atoms with van der Waals surface area (Å²) in [4.78, 5) is 2.20. The molecule has 0 aliphatic rings. The lowest BCUT2D eigenvalue weighted by Crippen LogP contribution is -2.21. The summed E-state index contributed by atoms with van der Waals surface area (Å²) >= 11 is 0. The highest BCUT2D eigenvalue weighted by molar-refractivity contribution is 5.85. The van der Waals surface area contributed by atoms with Crippen molar-refractivity contribution in [2.45, 2.75) is 19.9 Å². The number of hydrogen-bond donors (Lipinski definition) is 1. The van der Waals surface area contributed by atoms with E-state index in [1.54, 1.807) is 7.11 Å². The molecule has 0 saturated carbocycles. The van der Waals surface area contributed by atoms with Gasteiger partial charge in [0.1, 0.15) is 0 Å². The van der Waals surface area contributed by atoms with Crippen molar-refractivity contribution in [1.29, 1.82) is 0 Å². The van der Waals surface area contributed by atoms with E-state index in [0.717, 1.165) is 37.6 Å². The van der Waals surface area contributed by atoms with Gasteiger partial charge in [0.2, 0.25) is 0 Å². The number of benzene rings is 1. The van der Waals surface area contributed by atoms with Crippen LogP contribution in [0.3, 0.4) is 0 Å². The number of methoxy groups -OCH3 is 1. The lowest BCUT2D eigenvalue weighted by molar-refractivity contribution is 0.310. The summed E-state index contributed by atoms with van der Waals surface area (Å²) in [5.74, 6) is 1.61. The van der Waals surface area contributed by atoms with Gasteiger partial charge in [0.15, 0.2) is 11.5 Å². The molecule has 1 N–H and O–H groups in total. The standard InChI is InChI=1S/C15H26N2O2.2ClH/c1-5-19-15-11-13(7-8-14(15)18-4)12-16-9-6-10-17(2)3;;/h7-8,11,16H,5-6,9-10,12H2,1-4H3;2*1H. The van der Waals surface area contributed by atoms with E-state index in [2.05, 4.69) is 30.4 Å². The average Bonchev–Trinajstić information content (AvgIpc) is 2.39. The number of nitrogens with one attached hydrogen (secondary N) is 1. The van der Waals surface area contributed by atoms with Crippen molar-refractivity contribution in [2.24, 2.45) is 0 Å². The second kappa shape index (κ2) is 13.0. The molecule has 0 unspecified atom stereocenters. The van der Waals surface area contributed by atoms with Gasteiger partial charge in [-0.1, -0.05) is 6.07 Å². The van der Waals surface area contributed by atoms with E-state index in [9.17, 15) is 0 Å². The first-order chi connectivity index (χ1) is 9.17. The van der Waals surface area contributed by atoms with Crippen molar-refractivity contribution < 1.29 is 9.47 Å². The first-order valence-electron chi connectivity index (χ1n) is 6.82. The Labute approximate surface area is 141 Å². The molecule has 1 rings (SSSR count). The molecule has 0 bridgehead atoms. The van der Waals surface area contributed by atoms with Gasteiger partial charge >= 0.3 is 0 Å². The molecule has 0 amide bonds. The summed E-state index contributed by atoms with van der Waals surface area (Å²) in [6.07, 6.45) is 1.15. The van der Waals surface area contributed by atoms with Crippen LogP contribution in [0.25, 0.3) is 0 Å². The fourth-order valence-electron chi connectivity index (χ4n) is 1.85. The van der Waals surface area contributed by atoms with Crippen LogP contribution < -0.4 is 14.8 Å². The van der Waals surface area contributed by atoms with E-state index in [-0.39, 0.29) is 24.8 Å². The molecule has 0 spiro atoms. The summed E-state index contributed by atoms with van der Waals surface area (Å²) in [6.45, 7) is 5.62. The Kier molecular flexibility index (Phi) is 14.0. The molecule has 21 heavy (non-hydrogen) atoms. The fourth-order valence-corrected chi connectivity index (χ4v) is 1.85. The maximum absolute atomic E-state index is 5.57. The van der Waals surface area contributed by atoms with Crippen LogP contribution in [0, 0.1) is 0 Å². The van der Waals surface area contributed by atoms with Gasteiger partial charge in [0.05, 0.1) is 13.7 Å². The molecule has 0 aliphatic carbocycles. The Balaban J connectivity index is 0. The quantitative estimate of drug-likeness (QED) is 0.702. The first-order valence-corrected chi connectivity index (χ1v) is 6.82. The number of halogens is 2. The third-order valence-electron chi connectivity index (χ3n) is 2.82. The van der Waals surface area contributed by atoms with Crippen LogP contribution in [0.5, 0.6) is 11.5 Å². The highest BCUT2D eigenvalue weighted by Gasteiger charge is 2.04. The Morgan fingerprint density at radius 3 is 2.43 bits per heavy atom. The predicted molar refractivity (Wildman–Crippen MR) is 93.5 cm³/mol. The molecule has 0 aliphatic heterocycles. The van der Waals surface area contributed by atoms with Crippen LogP contribution in [-0.4, -0.2) is 45.8 Å². The number of hydrogen-bond acceptors (Lipinski definition) is 4. The van der Waals surface area contributed by atoms with Crippen molar-refractivity contribution in [1.82, 2.24) is 10.2 Å². The zero-order chi connectivity index (χ0) is 14.1. The lowest BCUT2D eigenvalue weighted by Gasteiger charge is -2.12. The Morgan fingerprint density at radius 2 is 1.86 bits per heavy atom. The van der Waals surface area contributed by atoms with Crippen LogP contribution in [0.1, 0.15) is 18.9 Å². The number of nitrogens with zero attached hydrogens (tertiary/aromatic N) is 1. The fraction of sp³-hybridized carbons (Fsp3) is 0.600. The van der Waals surface area contributed by atoms with Crippen LogP contribution in [-0.2, 0) is 6.54 Å². The molecule has 1 aromatic rings. The normalized spacial score (nSPS) is 9.76. The third kappa shape index (κ3) is 9.04. The Bertz CT molecular complexity index is 377. The second-order valence-electron chi connectivity index (χ2n) is 4.75. The maximum atomic E-state index is 5.57. The van der Waals surface area contributed by atoms with Crippen molar-refractivity contribution in [2.75, 3.05) is 40.9 Å². The summed E-state index contributed by atoms with van der Waals surface area (Å²) in [6, 6.07) is 6.07. The van der Waals surface area contributed by atoms with Crippen molar-refractivity contribution in [3.8, 4) is 11.5 Å². The molecule has 4 nitrogen and oxygen atoms in total. The second-order valence-corrected chi connectivity index (χ2v) is 4.75. The van der Waals surface area contributed by atoms with Gasteiger partial charge in [-0.2, -0.15) is 0 Å². The molecule has 0 saturated heterocycles. The van der Waals surface area contributed by atoms with E-state index in [4.69, 9.17) is 9.47 Å². The molecule has 0 radical (unpaired) electrons. The molecule has 0 fully saturated rings. The van der Waals surface area contributed by atoms with Gasteiger partial charge in [-0.15, -0.1) is 24.8 Å². The third-order valence-corrected chi connectivity index (χ3v) is 2.82. The van der Waals surface area contributed by atoms with Crippen molar-refractivity contribution in [3.05, 3.63) is 23.8 Å². The van der Waals surface area contributed by atoms with Crippen molar-refractivity contribution >= 4 is 24.8 Å². The average molecular weight is 339 g/mol. The van der Waals surface area contributed by atoms with Crippen LogP contribution in [0.15, 0.2) is 18.2 Å². The molecule has 0 aromatic heterocycles. The minimum atomic E-state index is 0. The monoisotopic (exact) mass is 338 g/mol. The molecule has 6 heteroatoms. The zero-order valence-electron chi connectivity index (χ0n) is 13.3. The van der Waals surface area contributed by atoms with E-state index in [1.165, 1.54) is 5.56 Å². The predicted octanol–water partition coefficient (Wildman–Crippen LogP) is 2.98.